The molecule has 1 heterocycles. The summed E-state index contributed by atoms with van der Waals surface area (Å²) < 4.78 is 0. The molecule has 5 nitrogen and oxygen atoms in total. The van der Waals surface area contributed by atoms with E-state index in [-0.39, 0.29) is 0 Å². The third-order valence-corrected chi connectivity index (χ3v) is 0.406. The normalized spacial score (nSPS) is 6.50. The van der Waals surface area contributed by atoms with Gasteiger partial charge in [0.15, 0.2) is 5.34 Å². The van der Waals surface area contributed by atoms with Crippen molar-refractivity contribution in [3.63, 3.8) is 0 Å². The van der Waals surface area contributed by atoms with Gasteiger partial charge in [-0.05, 0) is 0 Å². The van der Waals surface area contributed by atoms with E-state index < -0.39 is 0 Å². The highest BCUT2D eigenvalue weighted by atomic mass is 16.6. The fourth-order valence-corrected chi connectivity index (χ4v) is 0.215. The van der Waals surface area contributed by atoms with Gasteiger partial charge in [-0.1, -0.05) is 0 Å². The zero-order valence-corrected chi connectivity index (χ0v) is 3.98. The largest absolute Gasteiger partial charge is 0.379 e. The van der Waals surface area contributed by atoms with Crippen LogP contribution in [0.5, 0.6) is 0 Å². The second-order valence-corrected chi connectivity index (χ2v) is 0.842. The second kappa shape index (κ2) is 5.61. The molecule has 0 aromatic carbocycles. The lowest BCUT2D eigenvalue weighted by Gasteiger charge is -1.46. The summed E-state index contributed by atoms with van der Waals surface area (Å²) in [5, 5.41) is 7.89. The lowest BCUT2D eigenvalue weighted by molar-refractivity contribution is 0.312. The minimum absolute atomic E-state index is 1.25. The molecule has 44 valence electrons. The number of imidazole rings is 1. The van der Waals surface area contributed by atoms with Crippen LogP contribution in [0.25, 0.3) is 0 Å². The summed E-state index contributed by atoms with van der Waals surface area (Å²) in [5.74, 6) is 0. The number of nitrogens with zero attached hydrogens (tertiary/aromatic N) is 2. The van der Waals surface area contributed by atoms with E-state index in [0.717, 1.165) is 0 Å². The average Bonchev–Trinajstić information content (AvgIpc) is 2.17. The number of hydrogen-bond donors (Lipinski definition) is 2. The molecule has 0 aliphatic carbocycles. The summed E-state index contributed by atoms with van der Waals surface area (Å²) in [5.41, 5.74) is 0. The molecule has 0 aliphatic heterocycles. The van der Waals surface area contributed by atoms with E-state index in [2.05, 4.69) is 9.97 Å². The van der Waals surface area contributed by atoms with Gasteiger partial charge in [-0.25, -0.2) is 4.98 Å². The number of rotatable bonds is 0. The van der Waals surface area contributed by atoms with E-state index in [4.69, 9.17) is 10.1 Å². The Kier molecular flexibility index (Phi) is 4.64. The topological polar surface area (TPSA) is 78.3 Å². The summed E-state index contributed by atoms with van der Waals surface area (Å²) in [4.78, 5) is 14.5. The summed E-state index contributed by atoms with van der Waals surface area (Å²) in [6.07, 6.45) is 5.08. The van der Waals surface area contributed by atoms with Crippen molar-refractivity contribution in [2.24, 2.45) is 5.34 Å². The van der Waals surface area contributed by atoms with Crippen molar-refractivity contribution < 1.29 is 5.21 Å². The lowest BCUT2D eigenvalue weighted by Crippen LogP contribution is -1.44. The van der Waals surface area contributed by atoms with E-state index in [1.165, 1.54) is 5.34 Å². The van der Waals surface area contributed by atoms with Crippen LogP contribution in [0.2, 0.25) is 0 Å². The van der Waals surface area contributed by atoms with Gasteiger partial charge in [0.25, 0.3) is 0 Å². The molecule has 0 amide bonds. The molecule has 0 fully saturated rings. The Bertz CT molecular complexity index is 98.9. The molecule has 1 aromatic rings. The maximum absolute atomic E-state index is 8.11. The highest BCUT2D eigenvalue weighted by Crippen LogP contribution is 1.62. The minimum atomic E-state index is 1.25. The van der Waals surface area contributed by atoms with E-state index in [1.54, 1.807) is 18.7 Å². The summed E-state index contributed by atoms with van der Waals surface area (Å²) >= 11 is 0. The van der Waals surface area contributed by atoms with Gasteiger partial charge >= 0.3 is 0 Å². The fourth-order valence-electron chi connectivity index (χ4n) is 0.215. The van der Waals surface area contributed by atoms with Crippen molar-refractivity contribution in [1.29, 1.82) is 0 Å². The Morgan fingerprint density at radius 1 is 1.75 bits per heavy atom. The second-order valence-electron chi connectivity index (χ2n) is 0.842. The third-order valence-electron chi connectivity index (χ3n) is 0.406. The van der Waals surface area contributed by atoms with Gasteiger partial charge in [0.05, 0.1) is 6.33 Å². The average molecular weight is 115 g/mol. The van der Waals surface area contributed by atoms with Gasteiger partial charge < -0.3 is 10.2 Å². The Balaban J connectivity index is 0.000000145. The molecule has 0 radical (unpaired) electrons. The van der Waals surface area contributed by atoms with Crippen molar-refractivity contribution in [2.75, 3.05) is 0 Å². The Hall–Kier alpha value is -1.39. The van der Waals surface area contributed by atoms with Crippen LogP contribution >= 0.6 is 0 Å². The van der Waals surface area contributed by atoms with Crippen LogP contribution in [-0.2, 0) is 0 Å². The number of nitrogens with one attached hydrogen (secondary N) is 1. The SMILES string of the molecule is O=NO.c1c[nH]cn1. The molecule has 1 aromatic heterocycles. The van der Waals surface area contributed by atoms with Gasteiger partial charge in [-0.3, -0.25) is 0 Å². The van der Waals surface area contributed by atoms with Crippen molar-refractivity contribution in [1.82, 2.24) is 9.97 Å². The molecule has 0 atom stereocenters. The Morgan fingerprint density at radius 2 is 2.38 bits per heavy atom. The molecular formula is C3H5N3O2. The number of hydrogen-bond acceptors (Lipinski definition) is 3. The first-order valence-corrected chi connectivity index (χ1v) is 1.81. The van der Waals surface area contributed by atoms with Crippen LogP contribution < -0.4 is 0 Å². The maximum Gasteiger partial charge on any atom is 0.152 e. The number of aromatic amines is 1. The minimum Gasteiger partial charge on any atom is -0.379 e. The standard InChI is InChI=1S/C3H4N2.HNO2/c1-2-5-3-4-1;2-1-3/h1-3H,(H,4,5);(H,2,3). The highest BCUT2D eigenvalue weighted by molar-refractivity contribution is 4.64. The molecule has 0 saturated carbocycles. The zero-order chi connectivity index (χ0) is 6.24. The van der Waals surface area contributed by atoms with Gasteiger partial charge in [0.1, 0.15) is 0 Å². The van der Waals surface area contributed by atoms with Crippen LogP contribution in [0, 0.1) is 4.91 Å². The highest BCUT2D eigenvalue weighted by Gasteiger charge is 1.56. The third kappa shape index (κ3) is 4.61. The maximum atomic E-state index is 8.11. The number of H-pyrrole nitrogens is 1. The van der Waals surface area contributed by atoms with E-state index in [9.17, 15) is 0 Å². The van der Waals surface area contributed by atoms with E-state index >= 15 is 0 Å². The van der Waals surface area contributed by atoms with Gasteiger partial charge in [0.2, 0.25) is 0 Å². The molecule has 0 saturated heterocycles. The fraction of sp³-hybridized carbons (Fsp3) is 0. The molecule has 0 spiro atoms. The molecule has 0 unspecified atom stereocenters. The van der Waals surface area contributed by atoms with Crippen LogP contribution in [0.1, 0.15) is 0 Å². The van der Waals surface area contributed by atoms with E-state index in [0.29, 0.717) is 0 Å². The van der Waals surface area contributed by atoms with Gasteiger partial charge in [-0.15, -0.1) is 4.91 Å². The van der Waals surface area contributed by atoms with Crippen molar-refractivity contribution in [3.8, 4) is 0 Å². The van der Waals surface area contributed by atoms with Crippen LogP contribution in [0.15, 0.2) is 24.1 Å². The van der Waals surface area contributed by atoms with E-state index in [1.807, 2.05) is 0 Å². The molecule has 1 rings (SSSR count). The molecule has 8 heavy (non-hydrogen) atoms. The lowest BCUT2D eigenvalue weighted by atomic mass is 11.0. The van der Waals surface area contributed by atoms with Crippen molar-refractivity contribution in [3.05, 3.63) is 23.6 Å². The Labute approximate surface area is 45.3 Å². The molecule has 0 bridgehead atoms. The summed E-state index contributed by atoms with van der Waals surface area (Å²) in [6.45, 7) is 0. The number of aromatic nitrogens is 2. The van der Waals surface area contributed by atoms with Crippen molar-refractivity contribution >= 4 is 0 Å². The Morgan fingerprint density at radius 3 is 2.50 bits per heavy atom. The monoisotopic (exact) mass is 115 g/mol. The zero-order valence-electron chi connectivity index (χ0n) is 3.98. The molecular weight excluding hydrogens is 110 g/mol. The van der Waals surface area contributed by atoms with Crippen LogP contribution in [-0.4, -0.2) is 15.2 Å². The summed E-state index contributed by atoms with van der Waals surface area (Å²) in [6, 6.07) is 0. The van der Waals surface area contributed by atoms with Crippen molar-refractivity contribution in [2.45, 2.75) is 0 Å². The quantitative estimate of drug-likeness (QED) is 0.383. The molecule has 5 heteroatoms. The molecule has 0 aliphatic rings. The summed E-state index contributed by atoms with van der Waals surface area (Å²) in [7, 11) is 0. The van der Waals surface area contributed by atoms with Crippen LogP contribution in [0.4, 0.5) is 0 Å². The molecule has 2 N–H and O–H groups in total. The van der Waals surface area contributed by atoms with Crippen LogP contribution in [0.3, 0.4) is 0 Å². The van der Waals surface area contributed by atoms with Gasteiger partial charge in [-0.2, -0.15) is 0 Å². The predicted molar refractivity (Wildman–Crippen MR) is 26.2 cm³/mol. The van der Waals surface area contributed by atoms with Gasteiger partial charge in [0, 0.05) is 12.4 Å². The first kappa shape index (κ1) is 6.61. The predicted octanol–water partition coefficient (Wildman–Crippen LogP) is 0.552. The first-order chi connectivity index (χ1) is 3.91. The first-order valence-electron chi connectivity index (χ1n) is 1.81. The smallest absolute Gasteiger partial charge is 0.152 e.